The van der Waals surface area contributed by atoms with Crippen molar-refractivity contribution in [1.82, 2.24) is 0 Å². The van der Waals surface area contributed by atoms with E-state index in [9.17, 15) is 9.59 Å². The summed E-state index contributed by atoms with van der Waals surface area (Å²) in [5, 5.41) is 3.03. The largest absolute Gasteiger partial charge is 0.482 e. The zero-order valence-corrected chi connectivity index (χ0v) is 23.4. The van der Waals surface area contributed by atoms with E-state index in [2.05, 4.69) is 0 Å². The molecule has 40 heavy (non-hydrogen) atoms. The van der Waals surface area contributed by atoms with E-state index < -0.39 is 23.1 Å². The van der Waals surface area contributed by atoms with Crippen LogP contribution in [-0.2, 0) is 9.59 Å². The fourth-order valence-electron chi connectivity index (χ4n) is 5.49. The highest BCUT2D eigenvalue weighted by Gasteiger charge is 2.35. The van der Waals surface area contributed by atoms with Crippen molar-refractivity contribution in [2.45, 2.75) is 52.7 Å². The Bertz CT molecular complexity index is 1670. The van der Waals surface area contributed by atoms with Crippen molar-refractivity contribution in [3.63, 3.8) is 0 Å². The topological polar surface area (TPSA) is 71.1 Å². The van der Waals surface area contributed by atoms with Crippen LogP contribution >= 0.6 is 0 Å². The molecule has 2 aliphatic heterocycles. The van der Waals surface area contributed by atoms with Gasteiger partial charge in [-0.3, -0.25) is 9.59 Å². The average Bonchev–Trinajstić information content (AvgIpc) is 2.89. The molecule has 202 valence electrons. The normalized spacial score (nSPS) is 16.1. The summed E-state index contributed by atoms with van der Waals surface area (Å²) in [5.74, 6) is 1.10. The molecule has 2 heterocycles. The number of esters is 2. The van der Waals surface area contributed by atoms with Crippen molar-refractivity contribution in [3.05, 3.63) is 71.8 Å². The Balaban J connectivity index is 1.87. The first kappa shape index (κ1) is 25.7. The van der Waals surface area contributed by atoms with E-state index in [4.69, 9.17) is 18.9 Å². The minimum Gasteiger partial charge on any atom is -0.482 e. The van der Waals surface area contributed by atoms with Gasteiger partial charge in [-0.1, -0.05) is 60.7 Å². The molecule has 0 saturated heterocycles. The lowest BCUT2D eigenvalue weighted by Crippen LogP contribution is -2.28. The number of carbonyl (C=O) groups excluding carboxylic acids is 2. The average molecular weight is 535 g/mol. The second-order valence-electron chi connectivity index (χ2n) is 11.2. The summed E-state index contributed by atoms with van der Waals surface area (Å²) >= 11 is 0. The highest BCUT2D eigenvalue weighted by molar-refractivity contribution is 6.12. The summed E-state index contributed by atoms with van der Waals surface area (Å²) in [6.45, 7) is 10.7. The van der Waals surface area contributed by atoms with Crippen LogP contribution in [0.5, 0.6) is 23.0 Å². The number of fused-ring (bicyclic) bond motifs is 6. The van der Waals surface area contributed by atoms with Crippen molar-refractivity contribution in [2.75, 3.05) is 0 Å². The molecule has 0 atom stereocenters. The first-order valence-electron chi connectivity index (χ1n) is 13.3. The standard InChI is InChI=1S/C34H30O6/c1-19(35)37-31-23-13-9-7-11-21(23)29-25(15-17-33(3,4)39-29)27(31)28-26-16-18-34(5,6)40-30(26)22-12-8-10-14-24(22)32(28)38-20(2)36/h7-18H,1-6H3. The van der Waals surface area contributed by atoms with Crippen LogP contribution in [0.2, 0.25) is 0 Å². The van der Waals surface area contributed by atoms with Crippen LogP contribution in [0.25, 0.3) is 44.8 Å². The van der Waals surface area contributed by atoms with E-state index in [1.54, 1.807) is 0 Å². The first-order valence-corrected chi connectivity index (χ1v) is 13.3. The Morgan fingerprint density at radius 2 is 0.950 bits per heavy atom. The van der Waals surface area contributed by atoms with Gasteiger partial charge in [-0.2, -0.15) is 0 Å². The zero-order valence-electron chi connectivity index (χ0n) is 23.4. The predicted octanol–water partition coefficient (Wildman–Crippen LogP) is 7.88. The third-order valence-electron chi connectivity index (χ3n) is 7.09. The van der Waals surface area contributed by atoms with Crippen LogP contribution in [0.3, 0.4) is 0 Å². The molecular weight excluding hydrogens is 504 g/mol. The molecule has 4 aromatic carbocycles. The molecule has 0 amide bonds. The van der Waals surface area contributed by atoms with Gasteiger partial charge in [-0.25, -0.2) is 0 Å². The van der Waals surface area contributed by atoms with Crippen LogP contribution in [0, 0.1) is 0 Å². The monoisotopic (exact) mass is 534 g/mol. The molecule has 0 fully saturated rings. The molecule has 0 aromatic heterocycles. The molecule has 6 nitrogen and oxygen atoms in total. The first-order chi connectivity index (χ1) is 19.0. The van der Waals surface area contributed by atoms with Gasteiger partial charge in [0.05, 0.1) is 0 Å². The van der Waals surface area contributed by atoms with Gasteiger partial charge in [0.25, 0.3) is 0 Å². The molecular formula is C34H30O6. The SMILES string of the molecule is CC(=O)Oc1c(-c2c3c(c4ccccc4c2OC(C)=O)OC(C)(C)C=C3)c2c(c3ccccc13)OC(C)(C)C=C2. The van der Waals surface area contributed by atoms with Gasteiger partial charge in [0, 0.05) is 57.6 Å². The minimum atomic E-state index is -0.565. The molecule has 0 spiro atoms. The number of hydrogen-bond donors (Lipinski definition) is 0. The quantitative estimate of drug-likeness (QED) is 0.197. The van der Waals surface area contributed by atoms with Crippen LogP contribution in [-0.4, -0.2) is 23.1 Å². The maximum absolute atomic E-state index is 12.6. The summed E-state index contributed by atoms with van der Waals surface area (Å²) < 4.78 is 25.1. The molecule has 6 heteroatoms. The molecule has 6 rings (SSSR count). The molecule has 0 radical (unpaired) electrons. The van der Waals surface area contributed by atoms with Gasteiger partial charge in [-0.15, -0.1) is 0 Å². The van der Waals surface area contributed by atoms with Gasteiger partial charge >= 0.3 is 11.9 Å². The number of rotatable bonds is 3. The van der Waals surface area contributed by atoms with Crippen molar-refractivity contribution in [1.29, 1.82) is 0 Å². The number of hydrogen-bond acceptors (Lipinski definition) is 6. The Kier molecular flexibility index (Phi) is 5.77. The third-order valence-corrected chi connectivity index (χ3v) is 7.09. The highest BCUT2D eigenvalue weighted by atomic mass is 16.5. The second-order valence-corrected chi connectivity index (χ2v) is 11.2. The lowest BCUT2D eigenvalue weighted by Gasteiger charge is -2.34. The number of ether oxygens (including phenoxy) is 4. The van der Waals surface area contributed by atoms with Crippen LogP contribution < -0.4 is 18.9 Å². The minimum absolute atomic E-state index is 0.360. The van der Waals surface area contributed by atoms with Gasteiger partial charge in [0.1, 0.15) is 34.2 Å². The Labute approximate surface area is 232 Å². The van der Waals surface area contributed by atoms with E-state index in [0.717, 1.165) is 21.9 Å². The van der Waals surface area contributed by atoms with Crippen molar-refractivity contribution in [2.24, 2.45) is 0 Å². The summed E-state index contributed by atoms with van der Waals surface area (Å²) in [4.78, 5) is 25.1. The third kappa shape index (κ3) is 4.20. The van der Waals surface area contributed by atoms with Gasteiger partial charge in [0.15, 0.2) is 0 Å². The van der Waals surface area contributed by atoms with E-state index in [1.807, 2.05) is 101 Å². The number of benzene rings is 4. The summed E-state index contributed by atoms with van der Waals surface area (Å²) in [7, 11) is 0. The molecule has 0 aliphatic carbocycles. The smallest absolute Gasteiger partial charge is 0.308 e. The van der Waals surface area contributed by atoms with Crippen LogP contribution in [0.1, 0.15) is 52.7 Å². The highest BCUT2D eigenvalue weighted by Crippen LogP contribution is 2.56. The maximum Gasteiger partial charge on any atom is 0.308 e. The van der Waals surface area contributed by atoms with Gasteiger partial charge < -0.3 is 18.9 Å². The lowest BCUT2D eigenvalue weighted by molar-refractivity contribution is -0.132. The van der Waals surface area contributed by atoms with Crippen LogP contribution in [0.4, 0.5) is 0 Å². The van der Waals surface area contributed by atoms with Crippen molar-refractivity contribution >= 4 is 45.6 Å². The predicted molar refractivity (Wildman–Crippen MR) is 157 cm³/mol. The fraction of sp³-hybridized carbons (Fsp3) is 0.235. The second kappa shape index (κ2) is 8.98. The molecule has 0 bridgehead atoms. The van der Waals surface area contributed by atoms with E-state index in [-0.39, 0.29) is 0 Å². The maximum atomic E-state index is 12.6. The molecule has 0 unspecified atom stereocenters. The van der Waals surface area contributed by atoms with Gasteiger partial charge in [0.2, 0.25) is 0 Å². The molecule has 0 N–H and O–H groups in total. The molecule has 2 aliphatic rings. The number of carbonyl (C=O) groups is 2. The molecule has 4 aromatic rings. The lowest BCUT2D eigenvalue weighted by atomic mass is 9.84. The van der Waals surface area contributed by atoms with Crippen molar-refractivity contribution < 1.29 is 28.5 Å². The van der Waals surface area contributed by atoms with Gasteiger partial charge in [-0.05, 0) is 39.8 Å². The molecule has 0 saturated carbocycles. The Morgan fingerprint density at radius 3 is 1.30 bits per heavy atom. The Morgan fingerprint density at radius 1 is 0.600 bits per heavy atom. The summed E-state index contributed by atoms with van der Waals surface area (Å²) in [5.41, 5.74) is 1.48. The van der Waals surface area contributed by atoms with Crippen molar-refractivity contribution in [3.8, 4) is 34.1 Å². The van der Waals surface area contributed by atoms with E-state index >= 15 is 0 Å². The zero-order chi connectivity index (χ0) is 28.4. The van der Waals surface area contributed by atoms with Crippen LogP contribution in [0.15, 0.2) is 60.7 Å². The van der Waals surface area contributed by atoms with E-state index in [1.165, 1.54) is 13.8 Å². The Hall–Kier alpha value is -4.58. The van der Waals surface area contributed by atoms with E-state index in [0.29, 0.717) is 44.9 Å². The summed E-state index contributed by atoms with van der Waals surface area (Å²) in [6, 6.07) is 15.3. The summed E-state index contributed by atoms with van der Waals surface area (Å²) in [6.07, 6.45) is 7.92. The fourth-order valence-corrected chi connectivity index (χ4v) is 5.49.